The number of amides is 1. The third kappa shape index (κ3) is 4.59. The molecule has 1 aliphatic carbocycles. The summed E-state index contributed by atoms with van der Waals surface area (Å²) in [5.74, 6) is -0.780. The van der Waals surface area contributed by atoms with Crippen LogP contribution < -0.4 is 10.5 Å². The molecule has 7 nitrogen and oxygen atoms in total. The molecule has 1 amide bonds. The summed E-state index contributed by atoms with van der Waals surface area (Å²) in [6.45, 7) is 1.43. The molecule has 1 saturated heterocycles. The Bertz CT molecular complexity index is 978. The molecule has 1 aromatic heterocycles. The highest BCUT2D eigenvalue weighted by Crippen LogP contribution is 2.27. The Labute approximate surface area is 173 Å². The lowest BCUT2D eigenvalue weighted by Gasteiger charge is -2.13. The molecule has 154 valence electrons. The van der Waals surface area contributed by atoms with Gasteiger partial charge in [0, 0.05) is 23.3 Å². The quantitative estimate of drug-likeness (QED) is 0.785. The number of aromatic nitrogens is 1. The van der Waals surface area contributed by atoms with Crippen LogP contribution in [0.25, 0.3) is 11.3 Å². The average Bonchev–Trinajstić information content (AvgIpc) is 3.37. The lowest BCUT2D eigenvalue weighted by Crippen LogP contribution is -2.19. The first-order valence-corrected chi connectivity index (χ1v) is 11.0. The molecule has 1 aromatic carbocycles. The summed E-state index contributed by atoms with van der Waals surface area (Å²) >= 11 is 1.52. The van der Waals surface area contributed by atoms with Gasteiger partial charge < -0.3 is 15.6 Å². The van der Waals surface area contributed by atoms with Gasteiger partial charge in [-0.25, -0.2) is 4.68 Å². The highest BCUT2D eigenvalue weighted by molar-refractivity contribution is 7.07. The monoisotopic (exact) mass is 414 g/mol. The molecule has 2 aromatic rings. The van der Waals surface area contributed by atoms with Crippen molar-refractivity contribution < 1.29 is 14.6 Å². The number of thiazole rings is 1. The Morgan fingerprint density at radius 1 is 1.28 bits per heavy atom. The second-order valence-corrected chi connectivity index (χ2v) is 8.35. The van der Waals surface area contributed by atoms with Crippen molar-refractivity contribution in [3.63, 3.8) is 0 Å². The van der Waals surface area contributed by atoms with Crippen molar-refractivity contribution in [2.75, 3.05) is 13.2 Å². The van der Waals surface area contributed by atoms with Gasteiger partial charge in [0.05, 0.1) is 23.9 Å². The zero-order chi connectivity index (χ0) is 20.2. The van der Waals surface area contributed by atoms with Crippen LogP contribution in [0.4, 0.5) is 0 Å². The molecule has 2 heterocycles. The van der Waals surface area contributed by atoms with Crippen LogP contribution in [0.5, 0.6) is 5.75 Å². The van der Waals surface area contributed by atoms with Crippen LogP contribution >= 0.6 is 11.3 Å². The van der Waals surface area contributed by atoms with E-state index in [9.17, 15) is 9.90 Å². The van der Waals surface area contributed by atoms with Crippen LogP contribution in [-0.2, 0) is 4.74 Å². The van der Waals surface area contributed by atoms with Crippen molar-refractivity contribution in [2.45, 2.75) is 51.0 Å². The maximum absolute atomic E-state index is 11.7. The number of ether oxygens (including phenoxy) is 1. The number of carbonyl (C=O) groups excluding carboxylic acids is 1. The molecule has 0 unspecified atom stereocenters. The van der Waals surface area contributed by atoms with Gasteiger partial charge in [0.2, 0.25) is 4.80 Å². The number of hydrogen-bond acceptors (Lipinski definition) is 6. The largest absolute Gasteiger partial charge is 0.507 e. The molecule has 8 heteroatoms. The van der Waals surface area contributed by atoms with Gasteiger partial charge in [0.1, 0.15) is 5.75 Å². The average molecular weight is 415 g/mol. The van der Waals surface area contributed by atoms with Crippen molar-refractivity contribution in [1.29, 1.82) is 0 Å². The molecule has 4 rings (SSSR count). The fraction of sp³-hybridized carbons (Fsp3) is 0.476. The third-order valence-corrected chi connectivity index (χ3v) is 6.22. The van der Waals surface area contributed by atoms with Crippen LogP contribution in [0.1, 0.15) is 55.3 Å². The number of nitrogens with zero attached hydrogens (tertiary/aromatic N) is 3. The minimum Gasteiger partial charge on any atom is -0.507 e. The molecule has 3 N–H and O–H groups in total. The van der Waals surface area contributed by atoms with Crippen molar-refractivity contribution in [2.24, 2.45) is 15.8 Å². The normalized spacial score (nSPS) is 20.2. The molecule has 0 spiro atoms. The van der Waals surface area contributed by atoms with Crippen molar-refractivity contribution in [3.8, 4) is 17.0 Å². The predicted molar refractivity (Wildman–Crippen MR) is 113 cm³/mol. The van der Waals surface area contributed by atoms with E-state index in [0.29, 0.717) is 6.54 Å². The van der Waals surface area contributed by atoms with Gasteiger partial charge in [-0.05, 0) is 56.7 Å². The molecule has 0 bridgehead atoms. The molecule has 1 saturated carbocycles. The zero-order valence-corrected chi connectivity index (χ0v) is 17.2. The van der Waals surface area contributed by atoms with Crippen LogP contribution in [0.2, 0.25) is 0 Å². The Balaban J connectivity index is 1.76. The number of aromatic hydroxyl groups is 1. The number of carbonyl (C=O) groups is 1. The van der Waals surface area contributed by atoms with Gasteiger partial charge >= 0.3 is 0 Å². The summed E-state index contributed by atoms with van der Waals surface area (Å²) in [5.41, 5.74) is 8.28. The second kappa shape index (κ2) is 8.92. The predicted octanol–water partition coefficient (Wildman–Crippen LogP) is 3.27. The Kier molecular flexibility index (Phi) is 6.10. The SMILES string of the molecule is NC(=O)c1cc(-c2csc(=NC[C@@H]3CCCO3)n2N=C2CCCCC2)ccc1O. The number of nitrogens with two attached hydrogens (primary N) is 1. The van der Waals surface area contributed by atoms with E-state index in [-0.39, 0.29) is 17.4 Å². The lowest BCUT2D eigenvalue weighted by molar-refractivity contribution is 0.0997. The molecular formula is C21H26N4O3S. The fourth-order valence-electron chi connectivity index (χ4n) is 3.76. The number of hydrogen-bond donors (Lipinski definition) is 2. The summed E-state index contributed by atoms with van der Waals surface area (Å²) in [7, 11) is 0. The number of benzene rings is 1. The maximum atomic E-state index is 11.7. The van der Waals surface area contributed by atoms with E-state index in [1.807, 2.05) is 10.1 Å². The van der Waals surface area contributed by atoms with Crippen LogP contribution in [0.3, 0.4) is 0 Å². The van der Waals surface area contributed by atoms with E-state index in [4.69, 9.17) is 20.6 Å². The van der Waals surface area contributed by atoms with Gasteiger partial charge in [0.25, 0.3) is 5.91 Å². The van der Waals surface area contributed by atoms with Crippen LogP contribution in [0.15, 0.2) is 33.7 Å². The minimum absolute atomic E-state index is 0.100. The van der Waals surface area contributed by atoms with Gasteiger partial charge in [0.15, 0.2) is 0 Å². The highest BCUT2D eigenvalue weighted by atomic mass is 32.1. The second-order valence-electron chi connectivity index (χ2n) is 7.51. The van der Waals surface area contributed by atoms with Crippen molar-refractivity contribution >= 4 is 23.0 Å². The molecular weight excluding hydrogens is 388 g/mol. The number of rotatable bonds is 5. The van der Waals surface area contributed by atoms with Gasteiger partial charge in [-0.15, -0.1) is 11.3 Å². The standard InChI is InChI=1S/C21H26N4O3S/c22-20(27)17-11-14(8-9-19(17)26)18-13-29-21(23-12-16-7-4-10-28-16)25(18)24-15-5-2-1-3-6-15/h8-9,11,13,16,26H,1-7,10,12H2,(H2,22,27)/t16-/m0/s1. The van der Waals surface area contributed by atoms with Gasteiger partial charge in [-0.2, -0.15) is 5.10 Å². The number of primary amides is 1. The van der Waals surface area contributed by atoms with E-state index < -0.39 is 5.91 Å². The molecule has 29 heavy (non-hydrogen) atoms. The summed E-state index contributed by atoms with van der Waals surface area (Å²) in [4.78, 5) is 17.3. The molecule has 0 radical (unpaired) electrons. The Hall–Kier alpha value is -2.45. The highest BCUT2D eigenvalue weighted by Gasteiger charge is 2.17. The van der Waals surface area contributed by atoms with Crippen LogP contribution in [0, 0.1) is 0 Å². The molecule has 2 fully saturated rings. The van der Waals surface area contributed by atoms with Crippen LogP contribution in [-0.4, -0.2) is 40.7 Å². The molecule has 2 aliphatic rings. The molecule has 1 atom stereocenters. The summed E-state index contributed by atoms with van der Waals surface area (Å²) in [6, 6.07) is 4.88. The van der Waals surface area contributed by atoms with E-state index in [1.165, 1.54) is 29.5 Å². The van der Waals surface area contributed by atoms with E-state index in [0.717, 1.165) is 61.2 Å². The van der Waals surface area contributed by atoms with E-state index >= 15 is 0 Å². The number of phenols is 1. The topological polar surface area (TPSA) is 102 Å². The van der Waals surface area contributed by atoms with E-state index in [2.05, 4.69) is 0 Å². The summed E-state index contributed by atoms with van der Waals surface area (Å²) in [6.07, 6.45) is 7.85. The zero-order valence-electron chi connectivity index (χ0n) is 16.3. The Morgan fingerprint density at radius 2 is 2.10 bits per heavy atom. The summed E-state index contributed by atoms with van der Waals surface area (Å²) in [5, 5.41) is 16.8. The van der Waals surface area contributed by atoms with Crippen molar-refractivity contribution in [3.05, 3.63) is 33.9 Å². The van der Waals surface area contributed by atoms with Gasteiger partial charge in [-0.1, -0.05) is 6.42 Å². The van der Waals surface area contributed by atoms with Gasteiger partial charge in [-0.3, -0.25) is 9.79 Å². The fourth-order valence-corrected chi connectivity index (χ4v) is 4.61. The Morgan fingerprint density at radius 3 is 2.83 bits per heavy atom. The first-order chi connectivity index (χ1) is 14.1. The van der Waals surface area contributed by atoms with E-state index in [1.54, 1.807) is 12.1 Å². The third-order valence-electron chi connectivity index (χ3n) is 5.37. The molecule has 1 aliphatic heterocycles. The lowest BCUT2D eigenvalue weighted by atomic mass is 9.99. The first-order valence-electron chi connectivity index (χ1n) is 10.1. The first kappa shape index (κ1) is 19.8. The van der Waals surface area contributed by atoms with Crippen molar-refractivity contribution in [1.82, 2.24) is 4.68 Å². The smallest absolute Gasteiger partial charge is 0.252 e. The minimum atomic E-state index is -0.659. The maximum Gasteiger partial charge on any atom is 0.252 e. The summed E-state index contributed by atoms with van der Waals surface area (Å²) < 4.78 is 7.57.